The third kappa shape index (κ3) is 1.87. The molecule has 0 radical (unpaired) electrons. The van der Waals surface area contributed by atoms with Gasteiger partial charge in [-0.2, -0.15) is 0 Å². The van der Waals surface area contributed by atoms with E-state index in [4.69, 9.17) is 0 Å². The molecule has 5 heteroatoms. The third-order valence-electron chi connectivity index (χ3n) is 1.79. The van der Waals surface area contributed by atoms with Gasteiger partial charge in [0.05, 0.1) is 18.4 Å². The molecule has 1 rings (SSSR count). The summed E-state index contributed by atoms with van der Waals surface area (Å²) in [5, 5.41) is 5.57. The van der Waals surface area contributed by atoms with E-state index in [2.05, 4.69) is 15.2 Å². The fraction of sp³-hybridized carbons (Fsp3) is 0.222. The summed E-state index contributed by atoms with van der Waals surface area (Å²) in [6, 6.07) is 4.47. The Labute approximate surface area is 81.0 Å². The number of carbonyl (C=O) groups is 1. The van der Waals surface area contributed by atoms with Crippen molar-refractivity contribution in [1.82, 2.24) is 0 Å². The average Bonchev–Trinajstić information content (AvgIpc) is 2.26. The maximum atomic E-state index is 11.1. The lowest BCUT2D eigenvalue weighted by Gasteiger charge is -2.04. The van der Waals surface area contributed by atoms with Crippen molar-refractivity contribution in [3.63, 3.8) is 0 Å². The van der Waals surface area contributed by atoms with E-state index in [0.29, 0.717) is 11.3 Å². The van der Waals surface area contributed by atoms with Gasteiger partial charge in [-0.3, -0.25) is 0 Å². The second-order valence-electron chi connectivity index (χ2n) is 2.56. The second-order valence-corrected chi connectivity index (χ2v) is 2.56. The molecule has 1 aromatic rings. The van der Waals surface area contributed by atoms with Crippen molar-refractivity contribution in [1.29, 1.82) is 0 Å². The largest absolute Gasteiger partial charge is 0.465 e. The first-order valence-electron chi connectivity index (χ1n) is 3.96. The van der Waals surface area contributed by atoms with Crippen LogP contribution in [0.15, 0.2) is 23.4 Å². The Balaban J connectivity index is 3.13. The van der Waals surface area contributed by atoms with Gasteiger partial charge in [-0.15, -0.1) is 4.91 Å². The summed E-state index contributed by atoms with van der Waals surface area (Å²) in [5.74, 6) is -0.445. The highest BCUT2D eigenvalue weighted by atomic mass is 16.5. The first-order chi connectivity index (χ1) is 6.72. The number of ether oxygens (including phenoxy) is 1. The number of hydrogen-bond acceptors (Lipinski definition) is 5. The summed E-state index contributed by atoms with van der Waals surface area (Å²) >= 11 is 0. The van der Waals surface area contributed by atoms with E-state index in [1.807, 2.05) is 0 Å². The summed E-state index contributed by atoms with van der Waals surface area (Å²) in [7, 11) is 2.94. The van der Waals surface area contributed by atoms with Crippen molar-refractivity contribution in [3.05, 3.63) is 28.7 Å². The van der Waals surface area contributed by atoms with Crippen LogP contribution in [0.5, 0.6) is 0 Å². The van der Waals surface area contributed by atoms with E-state index in [9.17, 15) is 9.70 Å². The Morgan fingerprint density at radius 2 is 2.21 bits per heavy atom. The van der Waals surface area contributed by atoms with Crippen LogP contribution in [0.3, 0.4) is 0 Å². The lowest BCUT2D eigenvalue weighted by Crippen LogP contribution is -2.01. The summed E-state index contributed by atoms with van der Waals surface area (Å²) < 4.78 is 4.53. The van der Waals surface area contributed by atoms with E-state index < -0.39 is 5.97 Å². The average molecular weight is 194 g/mol. The lowest BCUT2D eigenvalue weighted by molar-refractivity contribution is 0.0601. The highest BCUT2D eigenvalue weighted by molar-refractivity contribution is 5.91. The van der Waals surface area contributed by atoms with Crippen molar-refractivity contribution < 1.29 is 9.53 Å². The van der Waals surface area contributed by atoms with Gasteiger partial charge in [-0.25, -0.2) is 4.79 Å². The molecule has 0 heterocycles. The van der Waals surface area contributed by atoms with Crippen LogP contribution in [0, 0.1) is 4.91 Å². The molecule has 0 aliphatic carbocycles. The fourth-order valence-corrected chi connectivity index (χ4v) is 1.06. The zero-order valence-corrected chi connectivity index (χ0v) is 7.90. The Morgan fingerprint density at radius 1 is 1.50 bits per heavy atom. The van der Waals surface area contributed by atoms with Gasteiger partial charge in [0, 0.05) is 7.05 Å². The monoisotopic (exact) mass is 194 g/mol. The summed E-state index contributed by atoms with van der Waals surface area (Å²) in [6.07, 6.45) is 0. The van der Waals surface area contributed by atoms with E-state index >= 15 is 0 Å². The van der Waals surface area contributed by atoms with E-state index in [1.165, 1.54) is 25.3 Å². The van der Waals surface area contributed by atoms with Crippen molar-refractivity contribution in [2.45, 2.75) is 0 Å². The van der Waals surface area contributed by atoms with Gasteiger partial charge in [0.15, 0.2) is 0 Å². The minimum atomic E-state index is -0.445. The number of rotatable bonds is 3. The van der Waals surface area contributed by atoms with Crippen LogP contribution in [0.4, 0.5) is 11.4 Å². The predicted octanol–water partition coefficient (Wildman–Crippen LogP) is 1.91. The first kappa shape index (κ1) is 10.2. The molecule has 0 unspecified atom stereocenters. The number of nitroso groups, excluding NO2 is 1. The molecule has 1 aromatic carbocycles. The highest BCUT2D eigenvalue weighted by Gasteiger charge is 2.08. The minimum absolute atomic E-state index is 0.264. The van der Waals surface area contributed by atoms with E-state index in [-0.39, 0.29) is 5.69 Å². The Bertz CT molecular complexity index is 363. The molecule has 74 valence electrons. The maximum Gasteiger partial charge on any atom is 0.337 e. The Hall–Kier alpha value is -1.91. The zero-order valence-electron chi connectivity index (χ0n) is 7.90. The van der Waals surface area contributed by atoms with Gasteiger partial charge in [-0.1, -0.05) is 0 Å². The Morgan fingerprint density at radius 3 is 2.71 bits per heavy atom. The predicted molar refractivity (Wildman–Crippen MR) is 52.8 cm³/mol. The van der Waals surface area contributed by atoms with Crippen LogP contribution in [0.2, 0.25) is 0 Å². The number of esters is 1. The molecule has 1 N–H and O–H groups in total. The molecule has 0 aliphatic rings. The standard InChI is InChI=1S/C9H10N2O3/c1-10-8-5-6(9(12)14-2)3-4-7(8)11-13/h3-5,10H,1-2H3. The second kappa shape index (κ2) is 4.36. The molecule has 0 aliphatic heterocycles. The van der Waals surface area contributed by atoms with Crippen molar-refractivity contribution in [3.8, 4) is 0 Å². The van der Waals surface area contributed by atoms with Crippen molar-refractivity contribution >= 4 is 17.3 Å². The maximum absolute atomic E-state index is 11.1. The van der Waals surface area contributed by atoms with Crippen LogP contribution in [0.25, 0.3) is 0 Å². The minimum Gasteiger partial charge on any atom is -0.465 e. The van der Waals surface area contributed by atoms with E-state index in [0.717, 1.165) is 0 Å². The van der Waals surface area contributed by atoms with Crippen LogP contribution < -0.4 is 5.32 Å². The number of hydrogen-bond donors (Lipinski definition) is 1. The van der Waals surface area contributed by atoms with Crippen LogP contribution in [0.1, 0.15) is 10.4 Å². The number of anilines is 1. The number of nitrogens with zero attached hydrogens (tertiary/aromatic N) is 1. The summed E-state index contributed by atoms with van der Waals surface area (Å²) in [4.78, 5) is 21.5. The lowest BCUT2D eigenvalue weighted by atomic mass is 10.2. The number of benzene rings is 1. The number of methoxy groups -OCH3 is 1. The Kier molecular flexibility index (Phi) is 3.17. The van der Waals surface area contributed by atoms with Crippen LogP contribution in [-0.2, 0) is 4.74 Å². The highest BCUT2D eigenvalue weighted by Crippen LogP contribution is 2.25. The molecule has 0 saturated heterocycles. The number of nitrogens with one attached hydrogen (secondary N) is 1. The molecule has 0 spiro atoms. The number of carbonyl (C=O) groups excluding carboxylic acids is 1. The quantitative estimate of drug-likeness (QED) is 0.589. The topological polar surface area (TPSA) is 67.8 Å². The van der Waals surface area contributed by atoms with Gasteiger partial charge < -0.3 is 10.1 Å². The molecule has 0 atom stereocenters. The van der Waals surface area contributed by atoms with Gasteiger partial charge in [0.1, 0.15) is 5.69 Å². The molecule has 5 nitrogen and oxygen atoms in total. The van der Waals surface area contributed by atoms with Crippen LogP contribution >= 0.6 is 0 Å². The molecule has 0 aromatic heterocycles. The van der Waals surface area contributed by atoms with Gasteiger partial charge in [0.2, 0.25) is 0 Å². The first-order valence-corrected chi connectivity index (χ1v) is 3.96. The molecular weight excluding hydrogens is 184 g/mol. The molecule has 14 heavy (non-hydrogen) atoms. The third-order valence-corrected chi connectivity index (χ3v) is 1.79. The zero-order chi connectivity index (χ0) is 10.6. The molecule has 0 bridgehead atoms. The van der Waals surface area contributed by atoms with Crippen molar-refractivity contribution in [2.24, 2.45) is 5.18 Å². The normalized spacial score (nSPS) is 9.29. The molecular formula is C9H10N2O3. The molecule has 0 amide bonds. The van der Waals surface area contributed by atoms with Gasteiger partial charge in [-0.05, 0) is 23.4 Å². The molecule has 0 saturated carbocycles. The fourth-order valence-electron chi connectivity index (χ4n) is 1.06. The van der Waals surface area contributed by atoms with Gasteiger partial charge >= 0.3 is 5.97 Å². The smallest absolute Gasteiger partial charge is 0.337 e. The van der Waals surface area contributed by atoms with E-state index in [1.54, 1.807) is 7.05 Å². The molecule has 0 fully saturated rings. The van der Waals surface area contributed by atoms with Crippen molar-refractivity contribution in [2.75, 3.05) is 19.5 Å². The van der Waals surface area contributed by atoms with Crippen LogP contribution in [-0.4, -0.2) is 20.1 Å². The van der Waals surface area contributed by atoms with Gasteiger partial charge in [0.25, 0.3) is 0 Å². The summed E-state index contributed by atoms with van der Waals surface area (Å²) in [6.45, 7) is 0. The SMILES string of the molecule is CNc1cc(C(=O)OC)ccc1N=O. The summed E-state index contributed by atoms with van der Waals surface area (Å²) in [5.41, 5.74) is 1.15.